The van der Waals surface area contributed by atoms with Crippen LogP contribution < -0.4 is 10.0 Å². The number of aryl methyl sites for hydroxylation is 1. The smallest absolute Gasteiger partial charge is 0.315 e. The number of hydrogen-bond donors (Lipinski definition) is 3. The summed E-state index contributed by atoms with van der Waals surface area (Å²) in [5, 5.41) is 4.81. The summed E-state index contributed by atoms with van der Waals surface area (Å²) in [5.41, 5.74) is 9.30. The molecule has 0 saturated carbocycles. The maximum absolute atomic E-state index is 12.9. The molecule has 3 N–H and O–H groups in total. The lowest BCUT2D eigenvalue weighted by molar-refractivity contribution is -0.148. The van der Waals surface area contributed by atoms with Crippen LogP contribution in [-0.4, -0.2) is 45.3 Å². The van der Waals surface area contributed by atoms with Gasteiger partial charge in [-0.15, -0.1) is 0 Å². The molecule has 47 heavy (non-hydrogen) atoms. The van der Waals surface area contributed by atoms with Gasteiger partial charge in [0.1, 0.15) is 0 Å². The first-order valence-corrected chi connectivity index (χ1v) is 18.8. The van der Waals surface area contributed by atoms with E-state index >= 15 is 0 Å². The van der Waals surface area contributed by atoms with E-state index in [2.05, 4.69) is 73.0 Å². The number of aromatic nitrogens is 1. The van der Waals surface area contributed by atoms with Gasteiger partial charge in [-0.3, -0.25) is 9.52 Å². The van der Waals surface area contributed by atoms with Gasteiger partial charge < -0.3 is 15.0 Å². The van der Waals surface area contributed by atoms with E-state index in [1.165, 1.54) is 27.8 Å². The maximum atomic E-state index is 12.9. The van der Waals surface area contributed by atoms with E-state index in [9.17, 15) is 13.2 Å². The summed E-state index contributed by atoms with van der Waals surface area (Å²) in [6, 6.07) is 20.9. The Kier molecular flexibility index (Phi) is 12.0. The summed E-state index contributed by atoms with van der Waals surface area (Å²) in [5.74, 6) is 0.619. The molecule has 0 atom stereocenters. The van der Waals surface area contributed by atoms with Crippen molar-refractivity contribution in [3.63, 3.8) is 0 Å². The molecule has 0 aliphatic heterocycles. The summed E-state index contributed by atoms with van der Waals surface area (Å²) in [6.45, 7) is 16.8. The van der Waals surface area contributed by atoms with Crippen molar-refractivity contribution in [3.05, 3.63) is 88.5 Å². The summed E-state index contributed by atoms with van der Waals surface area (Å²) >= 11 is 0. The number of anilines is 1. The number of aromatic amines is 1. The minimum absolute atomic E-state index is 0.217. The Balaban J connectivity index is 1.53. The zero-order valence-corrected chi connectivity index (χ0v) is 30.2. The molecule has 0 spiro atoms. The first kappa shape index (κ1) is 36.2. The Bertz CT molecular complexity index is 1740. The Labute approximate surface area is 282 Å². The van der Waals surface area contributed by atoms with Gasteiger partial charge in [-0.2, -0.15) is 0 Å². The molecule has 1 aromatic heterocycles. The molecule has 0 aliphatic rings. The van der Waals surface area contributed by atoms with E-state index in [0.717, 1.165) is 67.2 Å². The summed E-state index contributed by atoms with van der Waals surface area (Å²) < 4.78 is 30.8. The lowest BCUT2D eigenvalue weighted by Crippen LogP contribution is -2.31. The molecule has 7 nitrogen and oxygen atoms in total. The topological polar surface area (TPSA) is 100 Å². The van der Waals surface area contributed by atoms with Crippen molar-refractivity contribution in [2.45, 2.75) is 91.4 Å². The second-order valence-corrected chi connectivity index (χ2v) is 15.6. The molecule has 0 radical (unpaired) electrons. The molecule has 1 heterocycles. The molecule has 4 aromatic rings. The summed E-state index contributed by atoms with van der Waals surface area (Å²) in [7, 11) is -3.27. The highest BCUT2D eigenvalue weighted by molar-refractivity contribution is 7.92. The number of H-pyrrole nitrogens is 1. The minimum atomic E-state index is -3.27. The average molecular weight is 660 g/mol. The van der Waals surface area contributed by atoms with E-state index in [4.69, 9.17) is 4.74 Å². The van der Waals surface area contributed by atoms with Gasteiger partial charge in [0.15, 0.2) is 0 Å². The van der Waals surface area contributed by atoms with Gasteiger partial charge in [0.25, 0.3) is 0 Å². The van der Waals surface area contributed by atoms with Gasteiger partial charge in [0.05, 0.1) is 18.3 Å². The number of unbranched alkanes of at least 4 members (excludes halogenated alkanes) is 1. The van der Waals surface area contributed by atoms with Crippen molar-refractivity contribution < 1.29 is 17.9 Å². The number of hydrogen-bond acceptors (Lipinski definition) is 5. The molecule has 4 rings (SSSR count). The molecule has 8 heteroatoms. The van der Waals surface area contributed by atoms with Crippen molar-refractivity contribution >= 4 is 32.6 Å². The van der Waals surface area contributed by atoms with Crippen LogP contribution in [0.4, 0.5) is 5.69 Å². The second kappa shape index (κ2) is 15.5. The molecule has 0 unspecified atom stereocenters. The number of ether oxygens (including phenoxy) is 1. The third-order valence-electron chi connectivity index (χ3n) is 8.89. The number of nitrogens with one attached hydrogen (secondary N) is 3. The number of carbonyl (C=O) groups excluding carboxylic acids is 1. The fourth-order valence-electron chi connectivity index (χ4n) is 5.93. The van der Waals surface area contributed by atoms with Crippen LogP contribution in [-0.2, 0) is 37.8 Å². The normalized spacial score (nSPS) is 12.3. The van der Waals surface area contributed by atoms with Crippen LogP contribution in [0.15, 0.2) is 60.7 Å². The standard InChI is InChI=1S/C39H53N3O4S/c1-9-46-38(43)39(6,7)32-15-18-36-35(25-32)34(37(41-36)31-23-29(26(2)3)22-30(24-31)27(4)5)19-21-40-20-11-10-12-28-13-16-33(17-14-28)42-47(8,44)45/h13-18,22-27,40-42H,9-12,19-21H2,1-8H3. The maximum Gasteiger partial charge on any atom is 0.315 e. The summed E-state index contributed by atoms with van der Waals surface area (Å²) in [6.07, 6.45) is 5.02. The highest BCUT2D eigenvalue weighted by atomic mass is 32.2. The Hall–Kier alpha value is -3.62. The summed E-state index contributed by atoms with van der Waals surface area (Å²) in [4.78, 5) is 16.7. The quantitative estimate of drug-likeness (QED) is 0.0828. The molecule has 0 bridgehead atoms. The number of benzene rings is 3. The molecular formula is C39H53N3O4S. The average Bonchev–Trinajstić information content (AvgIpc) is 3.38. The van der Waals surface area contributed by atoms with E-state index in [1.807, 2.05) is 51.1 Å². The lowest BCUT2D eigenvalue weighted by atomic mass is 9.83. The highest BCUT2D eigenvalue weighted by Gasteiger charge is 2.32. The molecule has 0 saturated heterocycles. The zero-order valence-electron chi connectivity index (χ0n) is 29.4. The van der Waals surface area contributed by atoms with Crippen LogP contribution >= 0.6 is 0 Å². The molecule has 3 aromatic carbocycles. The molecule has 254 valence electrons. The highest BCUT2D eigenvalue weighted by Crippen LogP contribution is 2.37. The van der Waals surface area contributed by atoms with Crippen LogP contribution in [0.2, 0.25) is 0 Å². The van der Waals surface area contributed by atoms with Crippen molar-refractivity contribution in [3.8, 4) is 11.3 Å². The number of carbonyl (C=O) groups is 1. The van der Waals surface area contributed by atoms with Crippen LogP contribution in [0.1, 0.15) is 101 Å². The predicted octanol–water partition coefficient (Wildman–Crippen LogP) is 8.45. The number of sulfonamides is 1. The van der Waals surface area contributed by atoms with Crippen molar-refractivity contribution in [1.82, 2.24) is 10.3 Å². The van der Waals surface area contributed by atoms with Crippen molar-refractivity contribution in [2.24, 2.45) is 0 Å². The Morgan fingerprint density at radius 2 is 1.53 bits per heavy atom. The molecule has 0 fully saturated rings. The van der Waals surface area contributed by atoms with Gasteiger partial charge in [-0.25, -0.2) is 8.42 Å². The fraction of sp³-hybridized carbons (Fsp3) is 0.462. The van der Waals surface area contributed by atoms with Gasteiger partial charge in [-0.05, 0) is 141 Å². The largest absolute Gasteiger partial charge is 0.465 e. The lowest BCUT2D eigenvalue weighted by Gasteiger charge is -2.23. The first-order chi connectivity index (χ1) is 22.2. The van der Waals surface area contributed by atoms with E-state index in [1.54, 1.807) is 0 Å². The van der Waals surface area contributed by atoms with Gasteiger partial charge in [0, 0.05) is 22.3 Å². The monoisotopic (exact) mass is 659 g/mol. The van der Waals surface area contributed by atoms with Gasteiger partial charge >= 0.3 is 5.97 Å². The van der Waals surface area contributed by atoms with Crippen molar-refractivity contribution in [2.75, 3.05) is 30.7 Å². The number of fused-ring (bicyclic) bond motifs is 1. The Morgan fingerprint density at radius 3 is 2.13 bits per heavy atom. The van der Waals surface area contributed by atoms with Crippen LogP contribution in [0.5, 0.6) is 0 Å². The van der Waals surface area contributed by atoms with Gasteiger partial charge in [0.2, 0.25) is 10.0 Å². The number of esters is 1. The third-order valence-corrected chi connectivity index (χ3v) is 9.50. The second-order valence-electron chi connectivity index (χ2n) is 13.8. The SMILES string of the molecule is CCOC(=O)C(C)(C)c1ccc2[nH]c(-c3cc(C(C)C)cc(C(C)C)c3)c(CCNCCCCc3ccc(NS(C)(=O)=O)cc3)c2c1. The van der Waals surface area contributed by atoms with E-state index in [0.29, 0.717) is 24.1 Å². The van der Waals surface area contributed by atoms with E-state index in [-0.39, 0.29) is 5.97 Å². The van der Waals surface area contributed by atoms with Crippen molar-refractivity contribution in [1.29, 1.82) is 0 Å². The third kappa shape index (κ3) is 9.48. The van der Waals surface area contributed by atoms with Crippen LogP contribution in [0.3, 0.4) is 0 Å². The fourth-order valence-corrected chi connectivity index (χ4v) is 6.49. The minimum Gasteiger partial charge on any atom is -0.465 e. The Morgan fingerprint density at radius 1 is 0.872 bits per heavy atom. The molecule has 0 amide bonds. The van der Waals surface area contributed by atoms with E-state index < -0.39 is 15.4 Å². The first-order valence-electron chi connectivity index (χ1n) is 16.9. The van der Waals surface area contributed by atoms with Gasteiger partial charge in [-0.1, -0.05) is 52.0 Å². The predicted molar refractivity (Wildman–Crippen MR) is 196 cm³/mol. The zero-order chi connectivity index (χ0) is 34.4. The van der Waals surface area contributed by atoms with Crippen LogP contribution in [0, 0.1) is 0 Å². The molecular weight excluding hydrogens is 607 g/mol. The van der Waals surface area contributed by atoms with Crippen LogP contribution in [0.25, 0.3) is 22.2 Å². The molecule has 0 aliphatic carbocycles. The number of rotatable bonds is 16.